The molecule has 0 bridgehead atoms. The molecule has 1 aromatic heterocycles. The molecule has 0 saturated heterocycles. The van der Waals surface area contributed by atoms with Gasteiger partial charge in [0.15, 0.2) is 22.5 Å². The molecule has 1 amide bonds. The van der Waals surface area contributed by atoms with Crippen LogP contribution in [0.4, 0.5) is 5.69 Å². The van der Waals surface area contributed by atoms with Gasteiger partial charge in [-0.2, -0.15) is 0 Å². The lowest BCUT2D eigenvalue weighted by molar-refractivity contribution is -0.113. The van der Waals surface area contributed by atoms with E-state index in [1.54, 1.807) is 0 Å². The largest absolute Gasteiger partial charge is 0.490 e. The molecule has 32 heavy (non-hydrogen) atoms. The van der Waals surface area contributed by atoms with Crippen molar-refractivity contribution in [2.24, 2.45) is 0 Å². The number of carbonyl (C=O) groups is 1. The highest BCUT2D eigenvalue weighted by atomic mass is 32.2. The average molecular weight is 455 g/mol. The molecule has 7 nitrogen and oxygen atoms in total. The maximum atomic E-state index is 12.5. The number of nitrogens with one attached hydrogen (secondary N) is 1. The summed E-state index contributed by atoms with van der Waals surface area (Å²) in [6, 6.07) is 11.9. The van der Waals surface area contributed by atoms with Gasteiger partial charge in [-0.25, -0.2) is 0 Å². The van der Waals surface area contributed by atoms with Gasteiger partial charge >= 0.3 is 0 Å². The fourth-order valence-electron chi connectivity index (χ4n) is 3.18. The number of hydrogen-bond donors (Lipinski definition) is 1. The molecule has 0 saturated carbocycles. The summed E-state index contributed by atoms with van der Waals surface area (Å²) in [5.74, 6) is 2.26. The lowest BCUT2D eigenvalue weighted by atomic mass is 10.1. The molecule has 0 fully saturated rings. The van der Waals surface area contributed by atoms with E-state index >= 15 is 0 Å². The Kier molecular flexibility index (Phi) is 8.16. The first-order valence-corrected chi connectivity index (χ1v) is 11.7. The number of anilines is 1. The molecule has 0 aliphatic heterocycles. The lowest BCUT2D eigenvalue weighted by Gasteiger charge is -2.13. The van der Waals surface area contributed by atoms with Crippen LogP contribution < -0.4 is 14.8 Å². The molecule has 3 rings (SSSR count). The summed E-state index contributed by atoms with van der Waals surface area (Å²) < 4.78 is 13.6. The maximum absolute atomic E-state index is 12.5. The van der Waals surface area contributed by atoms with Crippen molar-refractivity contribution in [1.29, 1.82) is 0 Å². The molecular formula is C24H30N4O3S. The second kappa shape index (κ2) is 11.0. The fraction of sp³-hybridized carbons (Fsp3) is 0.375. The third-order valence-electron chi connectivity index (χ3n) is 4.87. The third-order valence-corrected chi connectivity index (χ3v) is 5.83. The summed E-state index contributed by atoms with van der Waals surface area (Å²) >= 11 is 1.36. The zero-order valence-electron chi connectivity index (χ0n) is 19.3. The number of aromatic nitrogens is 3. The minimum absolute atomic E-state index is 0.0758. The average Bonchev–Trinajstić information content (AvgIpc) is 3.16. The number of ether oxygens (including phenoxy) is 2. The van der Waals surface area contributed by atoms with Crippen molar-refractivity contribution in [2.75, 3.05) is 17.7 Å². The van der Waals surface area contributed by atoms with Gasteiger partial charge in [0.05, 0.1) is 12.4 Å². The lowest BCUT2D eigenvalue weighted by Crippen LogP contribution is -2.15. The SMILES string of the molecule is CCOc1cc(C)ccc1OCc1nnc(SCC(=O)Nc2cc(C)ccc2C)n1CC. The number of benzene rings is 2. The molecule has 0 aliphatic carbocycles. The Labute approximate surface area is 193 Å². The van der Waals surface area contributed by atoms with Crippen LogP contribution in [0.2, 0.25) is 0 Å². The number of hydrogen-bond acceptors (Lipinski definition) is 6. The molecule has 0 unspecified atom stereocenters. The fourth-order valence-corrected chi connectivity index (χ4v) is 4.00. The zero-order valence-corrected chi connectivity index (χ0v) is 20.1. The molecule has 170 valence electrons. The Morgan fingerprint density at radius 3 is 2.50 bits per heavy atom. The molecular weight excluding hydrogens is 424 g/mol. The Balaban J connectivity index is 1.62. The van der Waals surface area contributed by atoms with Gasteiger partial charge in [-0.3, -0.25) is 4.79 Å². The van der Waals surface area contributed by atoms with E-state index in [4.69, 9.17) is 9.47 Å². The summed E-state index contributed by atoms with van der Waals surface area (Å²) in [6.07, 6.45) is 0. The van der Waals surface area contributed by atoms with Crippen molar-refractivity contribution in [3.05, 3.63) is 58.9 Å². The van der Waals surface area contributed by atoms with Crippen molar-refractivity contribution >= 4 is 23.4 Å². The number of amides is 1. The van der Waals surface area contributed by atoms with E-state index in [1.165, 1.54) is 11.8 Å². The van der Waals surface area contributed by atoms with Crippen LogP contribution in [-0.2, 0) is 17.9 Å². The second-order valence-corrected chi connectivity index (χ2v) is 8.41. The number of nitrogens with zero attached hydrogens (tertiary/aromatic N) is 3. The molecule has 0 radical (unpaired) electrons. The summed E-state index contributed by atoms with van der Waals surface area (Å²) in [5, 5.41) is 12.2. The number of thioether (sulfide) groups is 1. The molecule has 3 aromatic rings. The number of aryl methyl sites for hydroxylation is 3. The van der Waals surface area contributed by atoms with Crippen LogP contribution in [0.1, 0.15) is 36.4 Å². The summed E-state index contributed by atoms with van der Waals surface area (Å²) in [7, 11) is 0. The second-order valence-electron chi connectivity index (χ2n) is 7.47. The van der Waals surface area contributed by atoms with Crippen LogP contribution in [0, 0.1) is 20.8 Å². The minimum atomic E-state index is -0.0758. The van der Waals surface area contributed by atoms with Crippen LogP contribution in [0.3, 0.4) is 0 Å². The van der Waals surface area contributed by atoms with E-state index in [-0.39, 0.29) is 18.3 Å². The van der Waals surface area contributed by atoms with Gasteiger partial charge in [0.1, 0.15) is 6.61 Å². The summed E-state index contributed by atoms with van der Waals surface area (Å²) in [4.78, 5) is 12.5. The number of rotatable bonds is 10. The molecule has 0 aliphatic rings. The molecule has 0 spiro atoms. The van der Waals surface area contributed by atoms with Crippen LogP contribution >= 0.6 is 11.8 Å². The highest BCUT2D eigenvalue weighted by Gasteiger charge is 2.15. The first-order valence-electron chi connectivity index (χ1n) is 10.7. The minimum Gasteiger partial charge on any atom is -0.490 e. The van der Waals surface area contributed by atoms with E-state index in [2.05, 4.69) is 15.5 Å². The van der Waals surface area contributed by atoms with Gasteiger partial charge in [-0.05, 0) is 69.5 Å². The van der Waals surface area contributed by atoms with Crippen molar-refractivity contribution < 1.29 is 14.3 Å². The smallest absolute Gasteiger partial charge is 0.234 e. The van der Waals surface area contributed by atoms with Gasteiger partial charge in [0, 0.05) is 12.2 Å². The molecule has 0 atom stereocenters. The molecule has 1 heterocycles. The topological polar surface area (TPSA) is 78.3 Å². The predicted molar refractivity (Wildman–Crippen MR) is 128 cm³/mol. The Hall–Kier alpha value is -3.00. The van der Waals surface area contributed by atoms with E-state index in [1.807, 2.05) is 75.6 Å². The first kappa shape index (κ1) is 23.7. The summed E-state index contributed by atoms with van der Waals surface area (Å²) in [6.45, 7) is 11.5. The highest BCUT2D eigenvalue weighted by molar-refractivity contribution is 7.99. The molecule has 2 aromatic carbocycles. The predicted octanol–water partition coefficient (Wildman–Crippen LogP) is 4.93. The van der Waals surface area contributed by atoms with E-state index in [0.29, 0.717) is 35.6 Å². The normalized spacial score (nSPS) is 10.8. The van der Waals surface area contributed by atoms with E-state index in [0.717, 1.165) is 22.4 Å². The Morgan fingerprint density at radius 2 is 1.75 bits per heavy atom. The van der Waals surface area contributed by atoms with Gasteiger partial charge < -0.3 is 19.4 Å². The van der Waals surface area contributed by atoms with Gasteiger partial charge in [0.25, 0.3) is 0 Å². The Bertz CT molecular complexity index is 1080. The van der Waals surface area contributed by atoms with E-state index < -0.39 is 0 Å². The van der Waals surface area contributed by atoms with Crippen LogP contribution in [-0.4, -0.2) is 33.0 Å². The van der Waals surface area contributed by atoms with Crippen molar-refractivity contribution in [3.8, 4) is 11.5 Å². The van der Waals surface area contributed by atoms with Crippen molar-refractivity contribution in [1.82, 2.24) is 14.8 Å². The quantitative estimate of drug-likeness (QED) is 0.438. The first-order chi connectivity index (χ1) is 15.4. The van der Waals surface area contributed by atoms with E-state index in [9.17, 15) is 4.79 Å². The maximum Gasteiger partial charge on any atom is 0.234 e. The van der Waals surface area contributed by atoms with Crippen LogP contribution in [0.5, 0.6) is 11.5 Å². The monoisotopic (exact) mass is 454 g/mol. The van der Waals surface area contributed by atoms with Crippen LogP contribution in [0.15, 0.2) is 41.6 Å². The molecule has 8 heteroatoms. The van der Waals surface area contributed by atoms with Gasteiger partial charge in [0.2, 0.25) is 5.91 Å². The number of carbonyl (C=O) groups excluding carboxylic acids is 1. The zero-order chi connectivity index (χ0) is 23.1. The van der Waals surface area contributed by atoms with Gasteiger partial charge in [-0.1, -0.05) is 30.0 Å². The van der Waals surface area contributed by atoms with Gasteiger partial charge in [-0.15, -0.1) is 10.2 Å². The summed E-state index contributed by atoms with van der Waals surface area (Å²) in [5.41, 5.74) is 4.09. The van der Waals surface area contributed by atoms with Crippen molar-refractivity contribution in [2.45, 2.75) is 52.9 Å². The van der Waals surface area contributed by atoms with Crippen LogP contribution in [0.25, 0.3) is 0 Å². The Morgan fingerprint density at radius 1 is 1.00 bits per heavy atom. The highest BCUT2D eigenvalue weighted by Crippen LogP contribution is 2.29. The van der Waals surface area contributed by atoms with Crippen molar-refractivity contribution in [3.63, 3.8) is 0 Å². The molecule has 1 N–H and O–H groups in total. The third kappa shape index (κ3) is 6.03. The standard InChI is InChI=1S/C24H30N4O3S/c1-6-28-22(14-31-20-11-9-17(4)13-21(20)30-7-2)26-27-24(28)32-15-23(29)25-19-12-16(3)8-10-18(19)5/h8-13H,6-7,14-15H2,1-5H3,(H,25,29).